The Morgan fingerprint density at radius 1 is 1.38 bits per heavy atom. The van der Waals surface area contributed by atoms with Crippen LogP contribution in [0.2, 0.25) is 0 Å². The normalized spacial score (nSPS) is 19.8. The van der Waals surface area contributed by atoms with Crippen LogP contribution in [0.5, 0.6) is 0 Å². The largest absolute Gasteiger partial charge is 0.274 e. The number of hydrogen-bond donors (Lipinski definition) is 1. The maximum atomic E-state index is 13.8. The first kappa shape index (κ1) is 16.6. The van der Waals surface area contributed by atoms with Crippen LogP contribution in [-0.4, -0.2) is 19.3 Å². The average molecular weight is 348 g/mol. The van der Waals surface area contributed by atoms with Gasteiger partial charge in [-0.2, -0.15) is 0 Å². The lowest BCUT2D eigenvalue weighted by Gasteiger charge is -2.08. The minimum absolute atomic E-state index is 0.00925. The lowest BCUT2D eigenvalue weighted by Crippen LogP contribution is -2.33. The van der Waals surface area contributed by atoms with Gasteiger partial charge in [-0.3, -0.25) is 14.5 Å². The highest BCUT2D eigenvalue weighted by Gasteiger charge is 2.45. The molecule has 1 amide bonds. The summed E-state index contributed by atoms with van der Waals surface area (Å²) < 4.78 is 40.1. The van der Waals surface area contributed by atoms with E-state index in [1.807, 2.05) is 6.07 Å². The Labute approximate surface area is 140 Å². The van der Waals surface area contributed by atoms with E-state index in [1.165, 1.54) is 12.1 Å². The van der Waals surface area contributed by atoms with Crippen molar-refractivity contribution in [3.8, 4) is 0 Å². The summed E-state index contributed by atoms with van der Waals surface area (Å²) in [6, 6.07) is 7.96. The quantitative estimate of drug-likeness (QED) is 0.899. The summed E-state index contributed by atoms with van der Waals surface area (Å²) in [4.78, 5) is 16.1. The van der Waals surface area contributed by atoms with Crippen LogP contribution >= 0.6 is 0 Å². The third-order valence-electron chi connectivity index (χ3n) is 4.05. The van der Waals surface area contributed by atoms with Crippen molar-refractivity contribution >= 4 is 15.9 Å². The molecule has 1 aromatic carbocycles. The van der Waals surface area contributed by atoms with Crippen LogP contribution in [0.25, 0.3) is 0 Å². The van der Waals surface area contributed by atoms with Gasteiger partial charge < -0.3 is 0 Å². The van der Waals surface area contributed by atoms with Crippen molar-refractivity contribution in [1.82, 2.24) is 9.71 Å². The molecular weight excluding hydrogens is 331 g/mol. The van der Waals surface area contributed by atoms with Crippen LogP contribution in [-0.2, 0) is 20.6 Å². The van der Waals surface area contributed by atoms with E-state index in [1.54, 1.807) is 31.5 Å². The highest BCUT2D eigenvalue weighted by Crippen LogP contribution is 2.47. The molecule has 126 valence electrons. The number of nitrogens with zero attached hydrogens (tertiary/aromatic N) is 1. The van der Waals surface area contributed by atoms with Gasteiger partial charge in [0.2, 0.25) is 15.9 Å². The zero-order chi connectivity index (χ0) is 17.3. The number of rotatable bonds is 5. The third kappa shape index (κ3) is 3.79. The van der Waals surface area contributed by atoms with Gasteiger partial charge >= 0.3 is 0 Å². The zero-order valence-electron chi connectivity index (χ0n) is 13.1. The van der Waals surface area contributed by atoms with Crippen molar-refractivity contribution < 1.29 is 17.6 Å². The van der Waals surface area contributed by atoms with Crippen LogP contribution in [0.3, 0.4) is 0 Å². The second kappa shape index (κ2) is 6.32. The van der Waals surface area contributed by atoms with Gasteiger partial charge in [-0.25, -0.2) is 12.8 Å². The van der Waals surface area contributed by atoms with Crippen LogP contribution in [0.15, 0.2) is 42.7 Å². The molecular formula is C17H17FN2O3S. The second-order valence-electron chi connectivity index (χ2n) is 6.06. The van der Waals surface area contributed by atoms with Gasteiger partial charge in [-0.15, -0.1) is 0 Å². The number of hydrogen-bond acceptors (Lipinski definition) is 4. The van der Waals surface area contributed by atoms with Crippen molar-refractivity contribution in [2.24, 2.45) is 5.92 Å². The van der Waals surface area contributed by atoms with E-state index in [4.69, 9.17) is 0 Å². The fourth-order valence-corrected chi connectivity index (χ4v) is 3.86. The van der Waals surface area contributed by atoms with E-state index in [-0.39, 0.29) is 17.4 Å². The standard InChI is InChI=1S/C17H17FN2O3S/c1-11-4-5-13(16(18)7-11)10-24(22,23)20-17(21)15-8-14(15)12-3-2-6-19-9-12/h2-7,9,14-15H,8,10H2,1H3,(H,20,21)/t14-,15+/m0/s1. The Balaban J connectivity index is 1.64. The Bertz CT molecular complexity index is 869. The molecule has 1 aliphatic carbocycles. The first-order chi connectivity index (χ1) is 11.4. The van der Waals surface area contributed by atoms with Gasteiger partial charge in [0.05, 0.1) is 5.75 Å². The van der Waals surface area contributed by atoms with E-state index < -0.39 is 27.5 Å². The number of halogens is 1. The predicted octanol–water partition coefficient (Wildman–Crippen LogP) is 2.28. The molecule has 1 N–H and O–H groups in total. The second-order valence-corrected chi connectivity index (χ2v) is 7.78. The molecule has 1 aromatic heterocycles. The first-order valence-electron chi connectivity index (χ1n) is 7.55. The van der Waals surface area contributed by atoms with Crippen molar-refractivity contribution in [3.05, 3.63) is 65.2 Å². The molecule has 0 bridgehead atoms. The van der Waals surface area contributed by atoms with Gasteiger partial charge in [0.25, 0.3) is 0 Å². The van der Waals surface area contributed by atoms with E-state index >= 15 is 0 Å². The van der Waals surface area contributed by atoms with Gasteiger partial charge in [0, 0.05) is 23.9 Å². The van der Waals surface area contributed by atoms with Crippen LogP contribution in [0.4, 0.5) is 4.39 Å². The molecule has 1 fully saturated rings. The van der Waals surface area contributed by atoms with E-state index in [9.17, 15) is 17.6 Å². The van der Waals surface area contributed by atoms with E-state index in [0.717, 1.165) is 5.56 Å². The highest BCUT2D eigenvalue weighted by molar-refractivity contribution is 7.89. The number of amides is 1. The van der Waals surface area contributed by atoms with Crippen molar-refractivity contribution in [3.63, 3.8) is 0 Å². The summed E-state index contributed by atoms with van der Waals surface area (Å²) in [7, 11) is -3.94. The fourth-order valence-electron chi connectivity index (χ4n) is 2.69. The number of aryl methyl sites for hydroxylation is 1. The summed E-state index contributed by atoms with van der Waals surface area (Å²) in [5, 5.41) is 0. The Morgan fingerprint density at radius 2 is 2.17 bits per heavy atom. The fraction of sp³-hybridized carbons (Fsp3) is 0.294. The van der Waals surface area contributed by atoms with Crippen LogP contribution in [0, 0.1) is 18.7 Å². The number of sulfonamides is 1. The Hall–Kier alpha value is -2.28. The van der Waals surface area contributed by atoms with Crippen molar-refractivity contribution in [2.45, 2.75) is 25.0 Å². The third-order valence-corrected chi connectivity index (χ3v) is 5.25. The molecule has 1 aliphatic rings. The smallest absolute Gasteiger partial charge is 0.239 e. The summed E-state index contributed by atoms with van der Waals surface area (Å²) in [6.45, 7) is 1.72. The van der Waals surface area contributed by atoms with Gasteiger partial charge in [-0.05, 0) is 42.5 Å². The molecule has 0 spiro atoms. The minimum Gasteiger partial charge on any atom is -0.274 e. The number of aromatic nitrogens is 1. The van der Waals surface area contributed by atoms with Crippen molar-refractivity contribution in [2.75, 3.05) is 0 Å². The minimum atomic E-state index is -3.94. The van der Waals surface area contributed by atoms with Gasteiger partial charge in [0.1, 0.15) is 5.82 Å². The summed E-state index contributed by atoms with van der Waals surface area (Å²) in [5.41, 5.74) is 1.66. The average Bonchev–Trinajstić information content (AvgIpc) is 3.31. The molecule has 2 atom stereocenters. The van der Waals surface area contributed by atoms with Crippen molar-refractivity contribution in [1.29, 1.82) is 0 Å². The topological polar surface area (TPSA) is 76.1 Å². The molecule has 3 rings (SSSR count). The molecule has 2 aromatic rings. The maximum Gasteiger partial charge on any atom is 0.239 e. The molecule has 1 heterocycles. The van der Waals surface area contributed by atoms with Gasteiger partial charge in [0.15, 0.2) is 0 Å². The summed E-state index contributed by atoms with van der Waals surface area (Å²) in [6.07, 6.45) is 3.90. The zero-order valence-corrected chi connectivity index (χ0v) is 13.9. The Morgan fingerprint density at radius 3 is 2.83 bits per heavy atom. The predicted molar refractivity (Wildman–Crippen MR) is 87.0 cm³/mol. The molecule has 0 aliphatic heterocycles. The maximum absolute atomic E-state index is 13.8. The van der Waals surface area contributed by atoms with Gasteiger partial charge in [-0.1, -0.05) is 18.2 Å². The molecule has 0 radical (unpaired) electrons. The van der Waals surface area contributed by atoms with Crippen LogP contribution < -0.4 is 4.72 Å². The first-order valence-corrected chi connectivity index (χ1v) is 9.20. The molecule has 1 saturated carbocycles. The SMILES string of the molecule is Cc1ccc(CS(=O)(=O)NC(=O)[C@@H]2C[C@H]2c2cccnc2)c(F)c1. The lowest BCUT2D eigenvalue weighted by atomic mass is 10.1. The molecule has 24 heavy (non-hydrogen) atoms. The lowest BCUT2D eigenvalue weighted by molar-refractivity contribution is -0.120. The Kier molecular flexibility index (Phi) is 4.36. The molecule has 0 unspecified atom stereocenters. The van der Waals surface area contributed by atoms with E-state index in [0.29, 0.717) is 12.0 Å². The molecule has 5 nitrogen and oxygen atoms in total. The molecule has 7 heteroatoms. The monoisotopic (exact) mass is 348 g/mol. The number of carbonyl (C=O) groups excluding carboxylic acids is 1. The summed E-state index contributed by atoms with van der Waals surface area (Å²) in [5.74, 6) is -2.09. The number of pyridine rings is 1. The summed E-state index contributed by atoms with van der Waals surface area (Å²) >= 11 is 0. The number of carbonyl (C=O) groups is 1. The molecule has 0 saturated heterocycles. The number of nitrogens with one attached hydrogen (secondary N) is 1. The number of benzene rings is 1. The van der Waals surface area contributed by atoms with Crippen LogP contribution in [0.1, 0.15) is 29.0 Å². The van der Waals surface area contributed by atoms with E-state index in [2.05, 4.69) is 9.71 Å². The highest BCUT2D eigenvalue weighted by atomic mass is 32.2.